The lowest BCUT2D eigenvalue weighted by Gasteiger charge is -2.46. The Balaban J connectivity index is 1.74. The number of nitrogens with zero attached hydrogens (tertiary/aromatic N) is 3. The van der Waals surface area contributed by atoms with Gasteiger partial charge in [-0.1, -0.05) is 30.7 Å². The highest BCUT2D eigenvalue weighted by Gasteiger charge is 2.43. The van der Waals surface area contributed by atoms with Crippen molar-refractivity contribution in [2.45, 2.75) is 50.6 Å². The van der Waals surface area contributed by atoms with Gasteiger partial charge in [0.05, 0.1) is 5.69 Å². The quantitative estimate of drug-likeness (QED) is 0.842. The number of anilines is 1. The van der Waals surface area contributed by atoms with E-state index in [2.05, 4.69) is 40.2 Å². The molecule has 0 bridgehead atoms. The van der Waals surface area contributed by atoms with Gasteiger partial charge >= 0.3 is 0 Å². The van der Waals surface area contributed by atoms with E-state index in [1.54, 1.807) is 0 Å². The van der Waals surface area contributed by atoms with E-state index in [-0.39, 0.29) is 5.66 Å². The molecule has 0 amide bonds. The first-order valence-corrected chi connectivity index (χ1v) is 9.21. The zero-order chi connectivity index (χ0) is 17.0. The van der Waals surface area contributed by atoms with Gasteiger partial charge in [0.25, 0.3) is 0 Å². The average Bonchev–Trinajstić information content (AvgIpc) is 3.02. The van der Waals surface area contributed by atoms with Crippen LogP contribution in [-0.2, 0) is 12.8 Å². The number of aliphatic imine (C=N–C) groups is 2. The third-order valence-corrected chi connectivity index (χ3v) is 5.95. The van der Waals surface area contributed by atoms with Crippen LogP contribution in [0.25, 0.3) is 10.8 Å². The maximum Gasteiger partial charge on any atom is 0.220 e. The summed E-state index contributed by atoms with van der Waals surface area (Å²) in [7, 11) is 0. The Morgan fingerprint density at radius 2 is 1.68 bits per heavy atom. The summed E-state index contributed by atoms with van der Waals surface area (Å²) in [4.78, 5) is 11.3. The van der Waals surface area contributed by atoms with Gasteiger partial charge in [-0.05, 0) is 61.1 Å². The van der Waals surface area contributed by atoms with Crippen molar-refractivity contribution in [3.8, 4) is 0 Å². The molecule has 5 rings (SSSR count). The molecule has 1 saturated carbocycles. The lowest BCUT2D eigenvalue weighted by Crippen LogP contribution is -2.58. The number of aryl methyl sites for hydroxylation is 2. The van der Waals surface area contributed by atoms with Gasteiger partial charge in [0, 0.05) is 5.39 Å². The first-order valence-electron chi connectivity index (χ1n) is 9.21. The third kappa shape index (κ3) is 2.08. The predicted octanol–water partition coefficient (Wildman–Crippen LogP) is 3.05. The predicted molar refractivity (Wildman–Crippen MR) is 103 cm³/mol. The summed E-state index contributed by atoms with van der Waals surface area (Å²) in [5.74, 6) is 0.773. The van der Waals surface area contributed by atoms with Gasteiger partial charge in [0.2, 0.25) is 11.9 Å². The monoisotopic (exact) mass is 333 g/mol. The molecule has 1 aliphatic heterocycles. The normalized spacial score (nSPS) is 21.5. The smallest absolute Gasteiger partial charge is 0.220 e. The van der Waals surface area contributed by atoms with Gasteiger partial charge in [-0.25, -0.2) is 4.99 Å². The zero-order valence-electron chi connectivity index (χ0n) is 14.3. The van der Waals surface area contributed by atoms with Crippen molar-refractivity contribution < 1.29 is 0 Å². The van der Waals surface area contributed by atoms with Crippen molar-refractivity contribution >= 4 is 28.4 Å². The lowest BCUT2D eigenvalue weighted by molar-refractivity contribution is 0.306. The summed E-state index contributed by atoms with van der Waals surface area (Å²) >= 11 is 0. The second kappa shape index (κ2) is 5.22. The number of hydrogen-bond acceptors (Lipinski definition) is 5. The highest BCUT2D eigenvalue weighted by molar-refractivity contribution is 6.11. The van der Waals surface area contributed by atoms with E-state index in [9.17, 15) is 0 Å². The van der Waals surface area contributed by atoms with Crippen LogP contribution in [-0.4, -0.2) is 17.6 Å². The van der Waals surface area contributed by atoms with Crippen molar-refractivity contribution in [3.05, 3.63) is 41.5 Å². The maximum atomic E-state index is 6.40. The zero-order valence-corrected chi connectivity index (χ0v) is 14.3. The Morgan fingerprint density at radius 3 is 2.48 bits per heavy atom. The standard InChI is InChI=1S/C20H23N5/c21-18-23-19(22)25(20(24-18)11-2-1-3-12-20)16-10-9-14-8-7-13-5-4-6-15(16)17(13)14/h4-6,9-10H,1-3,7-8,11-12H2,(H4,21,22,23,24). The van der Waals surface area contributed by atoms with Crippen molar-refractivity contribution in [1.29, 1.82) is 0 Å². The van der Waals surface area contributed by atoms with Crippen LogP contribution in [0.4, 0.5) is 5.69 Å². The maximum absolute atomic E-state index is 6.40. The third-order valence-electron chi connectivity index (χ3n) is 5.95. The molecule has 5 nitrogen and oxygen atoms in total. The van der Waals surface area contributed by atoms with Crippen molar-refractivity contribution in [2.75, 3.05) is 4.90 Å². The van der Waals surface area contributed by atoms with Gasteiger partial charge < -0.3 is 11.5 Å². The molecule has 3 aliphatic rings. The number of rotatable bonds is 1. The van der Waals surface area contributed by atoms with Crippen LogP contribution in [0.1, 0.15) is 43.2 Å². The molecular weight excluding hydrogens is 310 g/mol. The minimum absolute atomic E-state index is 0.307. The summed E-state index contributed by atoms with van der Waals surface area (Å²) in [6.07, 6.45) is 7.70. The summed E-state index contributed by atoms with van der Waals surface area (Å²) in [5, 5.41) is 2.65. The van der Waals surface area contributed by atoms with Gasteiger partial charge in [-0.3, -0.25) is 4.90 Å². The second-order valence-electron chi connectivity index (χ2n) is 7.40. The molecule has 1 fully saturated rings. The van der Waals surface area contributed by atoms with Gasteiger partial charge in [-0.2, -0.15) is 4.99 Å². The van der Waals surface area contributed by atoms with Crippen LogP contribution >= 0.6 is 0 Å². The highest BCUT2D eigenvalue weighted by atomic mass is 15.4. The van der Waals surface area contributed by atoms with E-state index in [0.717, 1.165) is 44.2 Å². The van der Waals surface area contributed by atoms with Crippen LogP contribution in [0.2, 0.25) is 0 Å². The Kier molecular flexibility index (Phi) is 3.08. The first kappa shape index (κ1) is 14.8. The van der Waals surface area contributed by atoms with Gasteiger partial charge in [-0.15, -0.1) is 0 Å². The van der Waals surface area contributed by atoms with E-state index in [1.807, 2.05) is 0 Å². The topological polar surface area (TPSA) is 80.0 Å². The SMILES string of the molecule is NC1=NC2(CCCCC2)N(c2ccc3c4c(cccc24)CC3)C(N)=N1. The Hall–Kier alpha value is -2.56. The van der Waals surface area contributed by atoms with Crippen LogP contribution < -0.4 is 16.4 Å². The molecule has 4 N–H and O–H groups in total. The van der Waals surface area contributed by atoms with Crippen LogP contribution in [0, 0.1) is 0 Å². The fraction of sp³-hybridized carbons (Fsp3) is 0.400. The van der Waals surface area contributed by atoms with Gasteiger partial charge in [0.1, 0.15) is 5.66 Å². The fourth-order valence-corrected chi connectivity index (χ4v) is 4.90. The van der Waals surface area contributed by atoms with Crippen molar-refractivity contribution in [3.63, 3.8) is 0 Å². The molecule has 5 heteroatoms. The van der Waals surface area contributed by atoms with E-state index >= 15 is 0 Å². The van der Waals surface area contributed by atoms with Crippen molar-refractivity contribution in [1.82, 2.24) is 0 Å². The molecular formula is C20H23N5. The average molecular weight is 333 g/mol. The molecule has 0 aromatic heterocycles. The largest absolute Gasteiger partial charge is 0.369 e. The molecule has 0 unspecified atom stereocenters. The van der Waals surface area contributed by atoms with Crippen LogP contribution in [0.5, 0.6) is 0 Å². The molecule has 2 aromatic rings. The molecule has 0 atom stereocenters. The molecule has 0 saturated heterocycles. The van der Waals surface area contributed by atoms with Crippen LogP contribution in [0.15, 0.2) is 40.3 Å². The molecule has 1 spiro atoms. The number of nitrogens with two attached hydrogens (primary N) is 2. The summed E-state index contributed by atoms with van der Waals surface area (Å²) in [6.45, 7) is 0. The first-order chi connectivity index (χ1) is 12.2. The minimum atomic E-state index is -0.382. The minimum Gasteiger partial charge on any atom is -0.369 e. The number of guanidine groups is 2. The van der Waals surface area contributed by atoms with E-state index < -0.39 is 0 Å². The summed E-state index contributed by atoms with van der Waals surface area (Å²) < 4.78 is 0. The molecule has 128 valence electrons. The van der Waals surface area contributed by atoms with E-state index in [0.29, 0.717) is 11.9 Å². The second-order valence-corrected chi connectivity index (χ2v) is 7.40. The van der Waals surface area contributed by atoms with Gasteiger partial charge in [0.15, 0.2) is 0 Å². The number of benzene rings is 2. The molecule has 1 heterocycles. The Labute approximate surface area is 147 Å². The Morgan fingerprint density at radius 1 is 0.920 bits per heavy atom. The molecule has 25 heavy (non-hydrogen) atoms. The Bertz CT molecular complexity index is 911. The highest BCUT2D eigenvalue weighted by Crippen LogP contribution is 2.43. The van der Waals surface area contributed by atoms with Crippen molar-refractivity contribution in [2.24, 2.45) is 21.5 Å². The van der Waals surface area contributed by atoms with E-state index in [1.165, 1.54) is 28.3 Å². The number of hydrogen-bond donors (Lipinski definition) is 2. The fourth-order valence-electron chi connectivity index (χ4n) is 4.90. The van der Waals surface area contributed by atoms with Crippen LogP contribution in [0.3, 0.4) is 0 Å². The molecule has 2 aromatic carbocycles. The molecule has 2 aliphatic carbocycles. The molecule has 0 radical (unpaired) electrons. The summed E-state index contributed by atoms with van der Waals surface area (Å²) in [6, 6.07) is 11.0. The lowest BCUT2D eigenvalue weighted by atomic mass is 9.86. The summed E-state index contributed by atoms with van der Waals surface area (Å²) in [5.41, 5.74) is 16.0. The van der Waals surface area contributed by atoms with E-state index in [4.69, 9.17) is 16.5 Å².